The Balaban J connectivity index is 2.55. The summed E-state index contributed by atoms with van der Waals surface area (Å²) < 4.78 is 38.6. The highest BCUT2D eigenvalue weighted by atomic mass is 19.3. The number of alkyl halides is 2. The summed E-state index contributed by atoms with van der Waals surface area (Å²) >= 11 is 0. The fourth-order valence-corrected chi connectivity index (χ4v) is 1.54. The number of morpholine rings is 1. The van der Waals surface area contributed by atoms with Crippen molar-refractivity contribution in [2.24, 2.45) is 0 Å². The summed E-state index contributed by atoms with van der Waals surface area (Å²) in [7, 11) is 0. The lowest BCUT2D eigenvalue weighted by Gasteiger charge is -2.36. The molecule has 0 radical (unpaired) electrons. The molecule has 1 rings (SSSR count). The SMILES string of the molecule is CC(C)(C)OC(=O)N1CCOC[C@@H]1COC(F)F. The van der Waals surface area contributed by atoms with Crippen LogP contribution in [0.25, 0.3) is 0 Å². The number of rotatable bonds is 3. The molecule has 1 atom stereocenters. The molecule has 0 aromatic heterocycles. The van der Waals surface area contributed by atoms with Gasteiger partial charge in [-0.3, -0.25) is 4.90 Å². The van der Waals surface area contributed by atoms with Gasteiger partial charge >= 0.3 is 12.7 Å². The molecule has 7 heteroatoms. The summed E-state index contributed by atoms with van der Waals surface area (Å²) in [5.74, 6) is 0. The average Bonchev–Trinajstić information content (AvgIpc) is 2.24. The van der Waals surface area contributed by atoms with E-state index in [1.54, 1.807) is 20.8 Å². The summed E-state index contributed by atoms with van der Waals surface area (Å²) in [4.78, 5) is 13.2. The van der Waals surface area contributed by atoms with Crippen LogP contribution in [0.5, 0.6) is 0 Å². The minimum atomic E-state index is -2.85. The van der Waals surface area contributed by atoms with Crippen molar-refractivity contribution < 1.29 is 27.8 Å². The summed E-state index contributed by atoms with van der Waals surface area (Å²) in [6, 6.07) is -0.539. The Morgan fingerprint density at radius 3 is 2.72 bits per heavy atom. The van der Waals surface area contributed by atoms with Crippen molar-refractivity contribution in [3.05, 3.63) is 0 Å². The first kappa shape index (κ1) is 15.1. The molecule has 1 amide bonds. The number of carbonyl (C=O) groups is 1. The molecule has 0 aliphatic carbocycles. The lowest BCUT2D eigenvalue weighted by Crippen LogP contribution is -2.52. The Labute approximate surface area is 105 Å². The van der Waals surface area contributed by atoms with Crippen LogP contribution in [-0.4, -0.2) is 55.6 Å². The van der Waals surface area contributed by atoms with Gasteiger partial charge in [-0.2, -0.15) is 8.78 Å². The number of halogens is 2. The van der Waals surface area contributed by atoms with E-state index in [1.165, 1.54) is 4.90 Å². The zero-order chi connectivity index (χ0) is 13.8. The largest absolute Gasteiger partial charge is 0.444 e. The van der Waals surface area contributed by atoms with Gasteiger partial charge in [0, 0.05) is 6.54 Å². The van der Waals surface area contributed by atoms with Crippen LogP contribution in [0, 0.1) is 0 Å². The van der Waals surface area contributed by atoms with Gasteiger partial charge in [0.1, 0.15) is 5.60 Å². The van der Waals surface area contributed by atoms with Gasteiger partial charge in [-0.25, -0.2) is 4.79 Å². The van der Waals surface area contributed by atoms with Gasteiger partial charge in [0.25, 0.3) is 0 Å². The molecule has 1 heterocycles. The van der Waals surface area contributed by atoms with Crippen molar-refractivity contribution in [3.63, 3.8) is 0 Å². The molecule has 5 nitrogen and oxygen atoms in total. The van der Waals surface area contributed by atoms with Crippen molar-refractivity contribution in [3.8, 4) is 0 Å². The van der Waals surface area contributed by atoms with Crippen LogP contribution in [0.2, 0.25) is 0 Å². The number of carbonyl (C=O) groups excluding carboxylic acids is 1. The van der Waals surface area contributed by atoms with Crippen molar-refractivity contribution in [2.75, 3.05) is 26.4 Å². The summed E-state index contributed by atoms with van der Waals surface area (Å²) in [6.45, 7) is 2.97. The first-order valence-electron chi connectivity index (χ1n) is 5.77. The van der Waals surface area contributed by atoms with Crippen molar-refractivity contribution in [1.82, 2.24) is 4.90 Å². The van der Waals surface area contributed by atoms with Gasteiger partial charge in [-0.05, 0) is 20.8 Å². The summed E-state index contributed by atoms with van der Waals surface area (Å²) in [5.41, 5.74) is -0.622. The minimum Gasteiger partial charge on any atom is -0.444 e. The Bertz CT molecular complexity index is 281. The maximum atomic E-state index is 12.0. The molecule has 1 saturated heterocycles. The molecule has 0 N–H and O–H groups in total. The second kappa shape index (κ2) is 6.29. The van der Waals surface area contributed by atoms with E-state index < -0.39 is 24.3 Å². The third-order valence-corrected chi connectivity index (χ3v) is 2.27. The smallest absolute Gasteiger partial charge is 0.410 e. The highest BCUT2D eigenvalue weighted by molar-refractivity contribution is 5.68. The van der Waals surface area contributed by atoms with Crippen LogP contribution >= 0.6 is 0 Å². The highest BCUT2D eigenvalue weighted by Gasteiger charge is 2.31. The van der Waals surface area contributed by atoms with E-state index in [0.29, 0.717) is 13.2 Å². The van der Waals surface area contributed by atoms with E-state index >= 15 is 0 Å². The van der Waals surface area contributed by atoms with Crippen molar-refractivity contribution >= 4 is 6.09 Å². The zero-order valence-corrected chi connectivity index (χ0v) is 10.8. The van der Waals surface area contributed by atoms with Crippen LogP contribution in [0.1, 0.15) is 20.8 Å². The Morgan fingerprint density at radius 1 is 1.50 bits per heavy atom. The van der Waals surface area contributed by atoms with Crippen LogP contribution < -0.4 is 0 Å². The maximum Gasteiger partial charge on any atom is 0.410 e. The molecule has 0 aromatic carbocycles. The molecule has 1 fully saturated rings. The van der Waals surface area contributed by atoms with Crippen molar-refractivity contribution in [2.45, 2.75) is 39.0 Å². The van der Waals surface area contributed by atoms with E-state index in [0.717, 1.165) is 0 Å². The molecule has 1 aliphatic rings. The van der Waals surface area contributed by atoms with Crippen molar-refractivity contribution in [1.29, 1.82) is 0 Å². The Hall–Kier alpha value is -0.950. The molecular weight excluding hydrogens is 248 g/mol. The predicted octanol–water partition coefficient (Wildman–Crippen LogP) is 1.86. The first-order valence-corrected chi connectivity index (χ1v) is 5.77. The van der Waals surface area contributed by atoms with Crippen LogP contribution in [0.4, 0.5) is 13.6 Å². The van der Waals surface area contributed by atoms with Gasteiger partial charge < -0.3 is 14.2 Å². The van der Waals surface area contributed by atoms with Gasteiger partial charge in [0.2, 0.25) is 0 Å². The van der Waals surface area contributed by atoms with Crippen LogP contribution in [-0.2, 0) is 14.2 Å². The quantitative estimate of drug-likeness (QED) is 0.783. The van der Waals surface area contributed by atoms with E-state index in [4.69, 9.17) is 9.47 Å². The fourth-order valence-electron chi connectivity index (χ4n) is 1.54. The molecule has 0 bridgehead atoms. The number of amides is 1. The van der Waals surface area contributed by atoms with E-state index in [1.807, 2.05) is 0 Å². The minimum absolute atomic E-state index is 0.173. The number of hydrogen-bond donors (Lipinski definition) is 0. The fraction of sp³-hybridized carbons (Fsp3) is 0.909. The highest BCUT2D eigenvalue weighted by Crippen LogP contribution is 2.15. The topological polar surface area (TPSA) is 48.0 Å². The second-order valence-corrected chi connectivity index (χ2v) is 5.00. The lowest BCUT2D eigenvalue weighted by atomic mass is 10.2. The zero-order valence-electron chi connectivity index (χ0n) is 10.8. The molecular formula is C11H19F2NO4. The van der Waals surface area contributed by atoms with Gasteiger partial charge in [-0.15, -0.1) is 0 Å². The second-order valence-electron chi connectivity index (χ2n) is 5.00. The first-order chi connectivity index (χ1) is 8.29. The van der Waals surface area contributed by atoms with E-state index in [2.05, 4.69) is 4.74 Å². The van der Waals surface area contributed by atoms with Crippen LogP contribution in [0.15, 0.2) is 0 Å². The van der Waals surface area contributed by atoms with Crippen LogP contribution in [0.3, 0.4) is 0 Å². The number of nitrogens with zero attached hydrogens (tertiary/aromatic N) is 1. The number of hydrogen-bond acceptors (Lipinski definition) is 4. The third kappa shape index (κ3) is 5.14. The summed E-state index contributed by atoms with van der Waals surface area (Å²) in [6.07, 6.45) is -0.534. The average molecular weight is 267 g/mol. The van der Waals surface area contributed by atoms with E-state index in [9.17, 15) is 13.6 Å². The molecule has 106 valence electrons. The Kier molecular flexibility index (Phi) is 5.28. The number of ether oxygens (including phenoxy) is 3. The maximum absolute atomic E-state index is 12.0. The monoisotopic (exact) mass is 267 g/mol. The molecule has 0 unspecified atom stereocenters. The van der Waals surface area contributed by atoms with Gasteiger partial charge in [-0.1, -0.05) is 0 Å². The molecule has 0 spiro atoms. The molecule has 1 aliphatic heterocycles. The lowest BCUT2D eigenvalue weighted by molar-refractivity contribution is -0.152. The Morgan fingerprint density at radius 2 is 2.17 bits per heavy atom. The normalized spacial score (nSPS) is 21.2. The third-order valence-electron chi connectivity index (χ3n) is 2.27. The van der Waals surface area contributed by atoms with E-state index in [-0.39, 0.29) is 13.2 Å². The summed E-state index contributed by atoms with van der Waals surface area (Å²) in [5, 5.41) is 0. The molecule has 18 heavy (non-hydrogen) atoms. The standard InChI is InChI=1S/C11H19F2NO4/c1-11(2,3)18-10(15)14-4-5-16-6-8(14)7-17-9(12)13/h8-9H,4-7H2,1-3H3/t8-/m1/s1. The van der Waals surface area contributed by atoms with Gasteiger partial charge in [0.15, 0.2) is 0 Å². The van der Waals surface area contributed by atoms with Gasteiger partial charge in [0.05, 0.1) is 25.9 Å². The molecule has 0 aromatic rings. The molecule has 0 saturated carbocycles. The predicted molar refractivity (Wildman–Crippen MR) is 59.5 cm³/mol.